The second-order valence-corrected chi connectivity index (χ2v) is 8.27. The zero-order chi connectivity index (χ0) is 15.3. The molecule has 0 fully saturated rings. The number of hydrogen-bond acceptors (Lipinski definition) is 5. The van der Waals surface area contributed by atoms with Crippen molar-refractivity contribution < 1.29 is 23.1 Å². The summed E-state index contributed by atoms with van der Waals surface area (Å²) in [6, 6.07) is 0.899. The molecule has 0 aliphatic carbocycles. The van der Waals surface area contributed by atoms with Gasteiger partial charge in [-0.05, 0) is 25.9 Å². The van der Waals surface area contributed by atoms with Crippen molar-refractivity contribution in [2.45, 2.75) is 25.9 Å². The lowest BCUT2D eigenvalue weighted by Crippen LogP contribution is -2.40. The third-order valence-corrected chi connectivity index (χ3v) is 5.55. The summed E-state index contributed by atoms with van der Waals surface area (Å²) in [7, 11) is 1.17. The first-order valence-corrected chi connectivity index (χ1v) is 9.54. The zero-order valence-electron chi connectivity index (χ0n) is 13.4. The van der Waals surface area contributed by atoms with Gasteiger partial charge in [-0.2, -0.15) is 0 Å². The first-order chi connectivity index (χ1) is 9.54. The fourth-order valence-electron chi connectivity index (χ4n) is 1.61. The molecule has 0 N–H and O–H groups in total. The van der Waals surface area contributed by atoms with Gasteiger partial charge >= 0.3 is 8.56 Å². The molecule has 0 radical (unpaired) electrons. The van der Waals surface area contributed by atoms with Crippen LogP contribution < -0.4 is 0 Å². The van der Waals surface area contributed by atoms with Gasteiger partial charge in [-0.1, -0.05) is 12.2 Å². The molecule has 0 saturated carbocycles. The third-order valence-electron chi connectivity index (χ3n) is 2.66. The van der Waals surface area contributed by atoms with E-state index in [-0.39, 0.29) is 0 Å². The van der Waals surface area contributed by atoms with Crippen molar-refractivity contribution in [2.24, 2.45) is 0 Å². The molecule has 120 valence electrons. The second kappa shape index (κ2) is 12.5. The topological polar surface area (TPSA) is 46.2 Å². The molecule has 0 rings (SSSR count). The van der Waals surface area contributed by atoms with Crippen LogP contribution in [0.3, 0.4) is 0 Å². The maximum Gasteiger partial charge on any atom is 0.335 e. The van der Waals surface area contributed by atoms with Crippen LogP contribution >= 0.6 is 0 Å². The van der Waals surface area contributed by atoms with Gasteiger partial charge in [-0.15, -0.1) is 0 Å². The van der Waals surface area contributed by atoms with Gasteiger partial charge in [0.2, 0.25) is 0 Å². The largest absolute Gasteiger partial charge is 0.392 e. The van der Waals surface area contributed by atoms with Crippen molar-refractivity contribution in [1.29, 1.82) is 0 Å². The Kier molecular flexibility index (Phi) is 12.3. The molecule has 5 nitrogen and oxygen atoms in total. The van der Waals surface area contributed by atoms with E-state index in [4.69, 9.17) is 23.1 Å². The maximum atomic E-state index is 5.91. The zero-order valence-corrected chi connectivity index (χ0v) is 14.4. The van der Waals surface area contributed by atoms with Crippen molar-refractivity contribution in [3.05, 3.63) is 12.2 Å². The summed E-state index contributed by atoms with van der Waals surface area (Å²) < 4.78 is 27.3. The van der Waals surface area contributed by atoms with Crippen LogP contribution in [0.25, 0.3) is 0 Å². The standard InChI is InChI=1S/C14H30O5Si/c1-14(2)13-17-7-6-12-20(5,18-10-8-15-3)19-11-9-16-4/h1,6-13H2,2-5H3. The Morgan fingerprint density at radius 3 is 1.95 bits per heavy atom. The average Bonchev–Trinajstić information content (AvgIpc) is 2.39. The monoisotopic (exact) mass is 306 g/mol. The summed E-state index contributed by atoms with van der Waals surface area (Å²) in [5.74, 6) is 0. The lowest BCUT2D eigenvalue weighted by molar-refractivity contribution is 0.0862. The first kappa shape index (κ1) is 19.8. The van der Waals surface area contributed by atoms with Crippen LogP contribution in [0.15, 0.2) is 12.2 Å². The van der Waals surface area contributed by atoms with Gasteiger partial charge in [0.25, 0.3) is 0 Å². The SMILES string of the molecule is C=C(C)COCCC[Si](C)(OCCOC)OCCOC. The molecule has 0 aromatic heterocycles. The molecule has 0 aliphatic rings. The van der Waals surface area contributed by atoms with E-state index >= 15 is 0 Å². The lowest BCUT2D eigenvalue weighted by atomic mass is 10.4. The van der Waals surface area contributed by atoms with Gasteiger partial charge in [-0.25, -0.2) is 0 Å². The highest BCUT2D eigenvalue weighted by atomic mass is 28.4. The fourth-order valence-corrected chi connectivity index (χ4v) is 3.80. The molecule has 6 heteroatoms. The molecule has 0 aliphatic heterocycles. The van der Waals surface area contributed by atoms with Crippen LogP contribution in [0.4, 0.5) is 0 Å². The van der Waals surface area contributed by atoms with Crippen molar-refractivity contribution in [1.82, 2.24) is 0 Å². The van der Waals surface area contributed by atoms with Gasteiger partial charge in [-0.3, -0.25) is 0 Å². The molecular formula is C14H30O5Si. The Hall–Kier alpha value is -0.243. The third kappa shape index (κ3) is 11.6. The van der Waals surface area contributed by atoms with E-state index in [1.54, 1.807) is 14.2 Å². The van der Waals surface area contributed by atoms with Gasteiger partial charge in [0, 0.05) is 20.8 Å². The lowest BCUT2D eigenvalue weighted by Gasteiger charge is -2.27. The van der Waals surface area contributed by atoms with E-state index < -0.39 is 8.56 Å². The van der Waals surface area contributed by atoms with Crippen LogP contribution in [0.5, 0.6) is 0 Å². The minimum atomic E-state index is -2.16. The van der Waals surface area contributed by atoms with Crippen LogP contribution in [0.2, 0.25) is 12.6 Å². The summed E-state index contributed by atoms with van der Waals surface area (Å²) >= 11 is 0. The van der Waals surface area contributed by atoms with Gasteiger partial charge < -0.3 is 23.1 Å². The minimum Gasteiger partial charge on any atom is -0.392 e. The van der Waals surface area contributed by atoms with Crippen LogP contribution in [0, 0.1) is 0 Å². The Labute approximate surface area is 124 Å². The highest BCUT2D eigenvalue weighted by Crippen LogP contribution is 2.16. The average molecular weight is 306 g/mol. The Morgan fingerprint density at radius 2 is 1.50 bits per heavy atom. The summed E-state index contributed by atoms with van der Waals surface area (Å²) in [5, 5.41) is 0. The highest BCUT2D eigenvalue weighted by Gasteiger charge is 2.30. The number of ether oxygens (including phenoxy) is 3. The van der Waals surface area contributed by atoms with E-state index in [2.05, 4.69) is 13.1 Å². The maximum absolute atomic E-state index is 5.91. The molecule has 0 amide bonds. The van der Waals surface area contributed by atoms with Gasteiger partial charge in [0.15, 0.2) is 0 Å². The molecule has 0 atom stereocenters. The van der Waals surface area contributed by atoms with Gasteiger partial charge in [0.1, 0.15) is 0 Å². The van der Waals surface area contributed by atoms with E-state index in [0.717, 1.165) is 18.0 Å². The molecule has 0 spiro atoms. The van der Waals surface area contributed by atoms with Crippen molar-refractivity contribution in [2.75, 3.05) is 53.9 Å². The van der Waals surface area contributed by atoms with E-state index in [9.17, 15) is 0 Å². The van der Waals surface area contributed by atoms with E-state index in [1.807, 2.05) is 6.92 Å². The number of methoxy groups -OCH3 is 2. The molecule has 0 bridgehead atoms. The highest BCUT2D eigenvalue weighted by molar-refractivity contribution is 6.66. The summed E-state index contributed by atoms with van der Waals surface area (Å²) in [6.07, 6.45) is 0.927. The van der Waals surface area contributed by atoms with Gasteiger partial charge in [0.05, 0.1) is 33.0 Å². The molecule has 0 aromatic carbocycles. The summed E-state index contributed by atoms with van der Waals surface area (Å²) in [6.45, 7) is 11.5. The smallest absolute Gasteiger partial charge is 0.335 e. The first-order valence-electron chi connectivity index (χ1n) is 7.02. The van der Waals surface area contributed by atoms with E-state index in [1.165, 1.54) is 0 Å². The predicted octanol–water partition coefficient (Wildman–Crippen LogP) is 2.37. The normalized spacial score (nSPS) is 11.8. The second-order valence-electron chi connectivity index (χ2n) is 4.93. The van der Waals surface area contributed by atoms with E-state index in [0.29, 0.717) is 39.6 Å². The van der Waals surface area contributed by atoms with Crippen LogP contribution in [-0.2, 0) is 23.1 Å². The molecule has 0 unspecified atom stereocenters. The van der Waals surface area contributed by atoms with Crippen molar-refractivity contribution >= 4 is 8.56 Å². The predicted molar refractivity (Wildman–Crippen MR) is 82.3 cm³/mol. The van der Waals surface area contributed by atoms with Crippen LogP contribution in [-0.4, -0.2) is 62.4 Å². The summed E-state index contributed by atoms with van der Waals surface area (Å²) in [5.41, 5.74) is 1.04. The quantitative estimate of drug-likeness (QED) is 0.280. The molecule has 20 heavy (non-hydrogen) atoms. The fraction of sp³-hybridized carbons (Fsp3) is 0.857. The van der Waals surface area contributed by atoms with Crippen molar-refractivity contribution in [3.63, 3.8) is 0 Å². The Balaban J connectivity index is 3.98. The molecular weight excluding hydrogens is 276 g/mol. The van der Waals surface area contributed by atoms with Crippen molar-refractivity contribution in [3.8, 4) is 0 Å². The Morgan fingerprint density at radius 1 is 0.950 bits per heavy atom. The number of hydrogen-bond donors (Lipinski definition) is 0. The molecule has 0 saturated heterocycles. The Bertz CT molecular complexity index is 238. The molecule has 0 aromatic rings. The minimum absolute atomic E-state index is 0.568. The van der Waals surface area contributed by atoms with Crippen LogP contribution in [0.1, 0.15) is 13.3 Å². The molecule has 0 heterocycles. The summed E-state index contributed by atoms with van der Waals surface area (Å²) in [4.78, 5) is 0. The number of rotatable bonds is 14.